The standard InChI is InChI=1S/C14H17FN4/c1-16-12-8-17-19(9-12)14-6-7-18(10-14)13-4-2-11(15)3-5-13/h2-5,8-9,14,16H,6-7,10H2,1H3/t14-/m0/s1. The first-order valence-electron chi connectivity index (χ1n) is 6.48. The molecule has 0 radical (unpaired) electrons. The first-order chi connectivity index (χ1) is 9.26. The number of anilines is 2. The molecule has 1 aromatic heterocycles. The fourth-order valence-corrected chi connectivity index (χ4v) is 2.51. The summed E-state index contributed by atoms with van der Waals surface area (Å²) in [7, 11) is 1.89. The zero-order chi connectivity index (χ0) is 13.2. The molecular formula is C14H17FN4. The molecule has 1 N–H and O–H groups in total. The van der Waals surface area contributed by atoms with Crippen LogP contribution in [0, 0.1) is 5.82 Å². The van der Waals surface area contributed by atoms with E-state index >= 15 is 0 Å². The Bertz CT molecular complexity index is 549. The van der Waals surface area contributed by atoms with Crippen LogP contribution in [0.1, 0.15) is 12.5 Å². The van der Waals surface area contributed by atoms with Gasteiger partial charge < -0.3 is 10.2 Å². The van der Waals surface area contributed by atoms with Crippen molar-refractivity contribution < 1.29 is 4.39 Å². The Labute approximate surface area is 111 Å². The average molecular weight is 260 g/mol. The highest BCUT2D eigenvalue weighted by Crippen LogP contribution is 2.27. The topological polar surface area (TPSA) is 33.1 Å². The minimum absolute atomic E-state index is 0.190. The van der Waals surface area contributed by atoms with E-state index in [9.17, 15) is 4.39 Å². The Hall–Kier alpha value is -2.04. The van der Waals surface area contributed by atoms with Gasteiger partial charge in [-0.2, -0.15) is 5.10 Å². The third-order valence-corrected chi connectivity index (χ3v) is 3.62. The largest absolute Gasteiger partial charge is 0.386 e. The zero-order valence-electron chi connectivity index (χ0n) is 10.9. The summed E-state index contributed by atoms with van der Waals surface area (Å²) in [6.07, 6.45) is 4.92. The van der Waals surface area contributed by atoms with Crippen molar-refractivity contribution in [2.45, 2.75) is 12.5 Å². The van der Waals surface area contributed by atoms with Crippen LogP contribution in [0.25, 0.3) is 0 Å². The smallest absolute Gasteiger partial charge is 0.123 e. The van der Waals surface area contributed by atoms with Gasteiger partial charge in [0, 0.05) is 32.0 Å². The van der Waals surface area contributed by atoms with Gasteiger partial charge in [0.25, 0.3) is 0 Å². The second-order valence-electron chi connectivity index (χ2n) is 4.82. The van der Waals surface area contributed by atoms with Crippen molar-refractivity contribution in [2.75, 3.05) is 30.4 Å². The van der Waals surface area contributed by atoms with Gasteiger partial charge in [0.2, 0.25) is 0 Å². The van der Waals surface area contributed by atoms with E-state index in [2.05, 4.69) is 15.3 Å². The molecule has 4 nitrogen and oxygen atoms in total. The van der Waals surface area contributed by atoms with E-state index < -0.39 is 0 Å². The number of benzene rings is 1. The minimum Gasteiger partial charge on any atom is -0.386 e. The second-order valence-corrected chi connectivity index (χ2v) is 4.82. The van der Waals surface area contributed by atoms with Crippen molar-refractivity contribution in [2.24, 2.45) is 0 Å². The van der Waals surface area contributed by atoms with Crippen molar-refractivity contribution in [3.8, 4) is 0 Å². The fourth-order valence-electron chi connectivity index (χ4n) is 2.51. The molecule has 100 valence electrons. The molecule has 1 aromatic carbocycles. The molecule has 1 fully saturated rings. The van der Waals surface area contributed by atoms with Crippen LogP contribution in [0.4, 0.5) is 15.8 Å². The summed E-state index contributed by atoms with van der Waals surface area (Å²) in [5.74, 6) is -0.190. The lowest BCUT2D eigenvalue weighted by Gasteiger charge is -2.18. The molecule has 0 aliphatic carbocycles. The third-order valence-electron chi connectivity index (χ3n) is 3.62. The third kappa shape index (κ3) is 2.41. The Morgan fingerprint density at radius 1 is 1.32 bits per heavy atom. The van der Waals surface area contributed by atoms with Crippen LogP contribution in [-0.4, -0.2) is 29.9 Å². The summed E-state index contributed by atoms with van der Waals surface area (Å²) in [6.45, 7) is 1.89. The lowest BCUT2D eigenvalue weighted by atomic mass is 10.3. The molecule has 1 aliphatic heterocycles. The number of rotatable bonds is 3. The number of nitrogens with zero attached hydrogens (tertiary/aromatic N) is 3. The Balaban J connectivity index is 1.71. The highest BCUT2D eigenvalue weighted by Gasteiger charge is 2.24. The van der Waals surface area contributed by atoms with Gasteiger partial charge in [0.1, 0.15) is 5.82 Å². The molecule has 0 unspecified atom stereocenters. The molecule has 2 aromatic rings. The van der Waals surface area contributed by atoms with Crippen LogP contribution in [0.15, 0.2) is 36.7 Å². The van der Waals surface area contributed by atoms with Crippen LogP contribution in [0.3, 0.4) is 0 Å². The molecule has 0 saturated carbocycles. The second kappa shape index (κ2) is 4.91. The molecule has 3 rings (SSSR count). The van der Waals surface area contributed by atoms with Gasteiger partial charge in [-0.25, -0.2) is 4.39 Å². The predicted molar refractivity (Wildman–Crippen MR) is 74.0 cm³/mol. The van der Waals surface area contributed by atoms with E-state index in [1.807, 2.05) is 36.3 Å². The van der Waals surface area contributed by atoms with Gasteiger partial charge in [-0.15, -0.1) is 0 Å². The van der Waals surface area contributed by atoms with Crippen molar-refractivity contribution in [1.82, 2.24) is 9.78 Å². The average Bonchev–Trinajstić information content (AvgIpc) is 3.08. The summed E-state index contributed by atoms with van der Waals surface area (Å²) >= 11 is 0. The molecule has 5 heteroatoms. The summed E-state index contributed by atoms with van der Waals surface area (Å²) in [4.78, 5) is 2.27. The monoisotopic (exact) mass is 260 g/mol. The van der Waals surface area contributed by atoms with E-state index in [0.29, 0.717) is 6.04 Å². The molecule has 19 heavy (non-hydrogen) atoms. The van der Waals surface area contributed by atoms with Crippen molar-refractivity contribution >= 4 is 11.4 Å². The first kappa shape index (κ1) is 12.0. The highest BCUT2D eigenvalue weighted by molar-refractivity contribution is 5.47. The van der Waals surface area contributed by atoms with E-state index in [0.717, 1.165) is 30.9 Å². The highest BCUT2D eigenvalue weighted by atomic mass is 19.1. The van der Waals surface area contributed by atoms with Crippen LogP contribution >= 0.6 is 0 Å². The van der Waals surface area contributed by atoms with Crippen LogP contribution in [-0.2, 0) is 0 Å². The maximum absolute atomic E-state index is 12.9. The van der Waals surface area contributed by atoms with Gasteiger partial charge in [0.15, 0.2) is 0 Å². The van der Waals surface area contributed by atoms with Crippen LogP contribution < -0.4 is 10.2 Å². The lowest BCUT2D eigenvalue weighted by Crippen LogP contribution is -2.20. The van der Waals surface area contributed by atoms with Crippen molar-refractivity contribution in [3.05, 3.63) is 42.5 Å². The van der Waals surface area contributed by atoms with Gasteiger partial charge >= 0.3 is 0 Å². The van der Waals surface area contributed by atoms with Gasteiger partial charge in [-0.1, -0.05) is 0 Å². The van der Waals surface area contributed by atoms with E-state index in [4.69, 9.17) is 0 Å². The summed E-state index contributed by atoms with van der Waals surface area (Å²) < 4.78 is 14.9. The fraction of sp³-hybridized carbons (Fsp3) is 0.357. The molecule has 2 heterocycles. The molecule has 0 bridgehead atoms. The Morgan fingerprint density at radius 2 is 2.11 bits per heavy atom. The van der Waals surface area contributed by atoms with E-state index in [1.165, 1.54) is 12.1 Å². The van der Waals surface area contributed by atoms with Crippen LogP contribution in [0.2, 0.25) is 0 Å². The summed E-state index contributed by atoms with van der Waals surface area (Å²) in [5.41, 5.74) is 2.10. The molecule has 1 atom stereocenters. The minimum atomic E-state index is -0.190. The molecular weight excluding hydrogens is 243 g/mol. The van der Waals surface area contributed by atoms with Gasteiger partial charge in [0.05, 0.1) is 17.9 Å². The molecule has 1 saturated heterocycles. The normalized spacial score (nSPS) is 18.8. The first-order valence-corrected chi connectivity index (χ1v) is 6.48. The number of aromatic nitrogens is 2. The summed E-state index contributed by atoms with van der Waals surface area (Å²) in [5, 5.41) is 7.46. The lowest BCUT2D eigenvalue weighted by molar-refractivity contribution is 0.495. The molecule has 0 spiro atoms. The molecule has 0 amide bonds. The number of halogens is 1. The van der Waals surface area contributed by atoms with Gasteiger partial charge in [-0.05, 0) is 30.7 Å². The van der Waals surface area contributed by atoms with Crippen LogP contribution in [0.5, 0.6) is 0 Å². The zero-order valence-corrected chi connectivity index (χ0v) is 10.9. The number of hydrogen-bond acceptors (Lipinski definition) is 3. The van der Waals surface area contributed by atoms with Gasteiger partial charge in [-0.3, -0.25) is 4.68 Å². The van der Waals surface area contributed by atoms with E-state index in [1.54, 1.807) is 0 Å². The summed E-state index contributed by atoms with van der Waals surface area (Å²) in [6, 6.07) is 7.07. The van der Waals surface area contributed by atoms with E-state index in [-0.39, 0.29) is 5.82 Å². The SMILES string of the molecule is CNc1cnn([C@H]2CCN(c3ccc(F)cc3)C2)c1. The van der Waals surface area contributed by atoms with Crippen molar-refractivity contribution in [1.29, 1.82) is 0 Å². The number of hydrogen-bond donors (Lipinski definition) is 1. The molecule has 1 aliphatic rings. The maximum Gasteiger partial charge on any atom is 0.123 e. The predicted octanol–water partition coefficient (Wildman–Crippen LogP) is 2.52. The number of nitrogens with one attached hydrogen (secondary N) is 1. The van der Waals surface area contributed by atoms with Crippen molar-refractivity contribution in [3.63, 3.8) is 0 Å². The maximum atomic E-state index is 12.9. The Kier molecular flexibility index (Phi) is 3.11. The quantitative estimate of drug-likeness (QED) is 0.920. The Morgan fingerprint density at radius 3 is 2.79 bits per heavy atom.